The van der Waals surface area contributed by atoms with Crippen LogP contribution < -0.4 is 5.43 Å². The summed E-state index contributed by atoms with van der Waals surface area (Å²) in [6, 6.07) is 3.25. The molecule has 30 heavy (non-hydrogen) atoms. The number of ether oxygens (including phenoxy) is 1. The van der Waals surface area contributed by atoms with E-state index in [1.54, 1.807) is 0 Å². The van der Waals surface area contributed by atoms with Crippen molar-refractivity contribution in [2.75, 3.05) is 12.4 Å². The highest BCUT2D eigenvalue weighted by Crippen LogP contribution is 2.36. The number of rotatable bonds is 8. The standard InChI is InChI=1S/C19H19Cl2F3N2O3S/c1-3-4-5-6-29-17(28)10-30-15-7-11(12(20)8-13(15)21)18-14(27)9-16(19(22,23)24)26(2)25-18/h7-9H,3-6,10H2,1-2H3. The van der Waals surface area contributed by atoms with E-state index in [9.17, 15) is 22.8 Å². The lowest BCUT2D eigenvalue weighted by Crippen LogP contribution is -2.22. The van der Waals surface area contributed by atoms with Crippen molar-refractivity contribution in [2.24, 2.45) is 7.05 Å². The Labute approximate surface area is 185 Å². The molecule has 0 bridgehead atoms. The highest BCUT2D eigenvalue weighted by molar-refractivity contribution is 8.00. The number of hydrogen-bond acceptors (Lipinski definition) is 5. The third-order valence-electron chi connectivity index (χ3n) is 4.02. The first-order valence-electron chi connectivity index (χ1n) is 8.98. The van der Waals surface area contributed by atoms with Gasteiger partial charge in [0.15, 0.2) is 0 Å². The topological polar surface area (TPSA) is 61.2 Å². The van der Waals surface area contributed by atoms with Gasteiger partial charge in [-0.2, -0.15) is 18.3 Å². The van der Waals surface area contributed by atoms with Gasteiger partial charge in [0.2, 0.25) is 5.43 Å². The minimum Gasteiger partial charge on any atom is -0.465 e. The first-order valence-corrected chi connectivity index (χ1v) is 10.7. The van der Waals surface area contributed by atoms with Crippen molar-refractivity contribution in [3.8, 4) is 11.3 Å². The Balaban J connectivity index is 2.26. The average Bonchev–Trinajstić information content (AvgIpc) is 2.65. The van der Waals surface area contributed by atoms with Crippen LogP contribution in [0.3, 0.4) is 0 Å². The van der Waals surface area contributed by atoms with Crippen LogP contribution in [0.15, 0.2) is 27.9 Å². The number of aryl methyl sites for hydroxylation is 1. The molecule has 0 atom stereocenters. The third kappa shape index (κ3) is 6.39. The van der Waals surface area contributed by atoms with Crippen molar-refractivity contribution < 1.29 is 22.7 Å². The van der Waals surface area contributed by atoms with Crippen molar-refractivity contribution in [3.63, 3.8) is 0 Å². The zero-order valence-corrected chi connectivity index (χ0v) is 18.5. The summed E-state index contributed by atoms with van der Waals surface area (Å²) < 4.78 is 44.6. The Morgan fingerprint density at radius 3 is 2.53 bits per heavy atom. The second kappa shape index (κ2) is 10.5. The van der Waals surface area contributed by atoms with Gasteiger partial charge in [-0.15, -0.1) is 11.8 Å². The maximum Gasteiger partial charge on any atom is 0.433 e. The molecule has 0 aliphatic heterocycles. The maximum absolute atomic E-state index is 13.0. The van der Waals surface area contributed by atoms with Crippen LogP contribution in [-0.4, -0.2) is 28.1 Å². The quantitative estimate of drug-likeness (QED) is 0.278. The van der Waals surface area contributed by atoms with Crippen molar-refractivity contribution in [2.45, 2.75) is 37.3 Å². The van der Waals surface area contributed by atoms with E-state index in [1.807, 2.05) is 6.92 Å². The SMILES string of the molecule is CCCCCOC(=O)CSc1cc(-c2nn(C)c(C(F)(F)F)cc2=O)c(Cl)cc1Cl. The van der Waals surface area contributed by atoms with Crippen molar-refractivity contribution >= 4 is 40.9 Å². The van der Waals surface area contributed by atoms with Gasteiger partial charge in [0.1, 0.15) is 11.4 Å². The van der Waals surface area contributed by atoms with Crippen LogP contribution in [0.1, 0.15) is 31.9 Å². The van der Waals surface area contributed by atoms with E-state index < -0.39 is 23.3 Å². The number of thioether (sulfide) groups is 1. The monoisotopic (exact) mass is 482 g/mol. The van der Waals surface area contributed by atoms with Gasteiger partial charge in [0.25, 0.3) is 0 Å². The first kappa shape index (κ1) is 24.6. The number of carbonyl (C=O) groups excluding carboxylic acids is 1. The zero-order chi connectivity index (χ0) is 22.5. The second-order valence-electron chi connectivity index (χ2n) is 6.34. The number of carbonyl (C=O) groups is 1. The molecule has 1 aromatic carbocycles. The minimum atomic E-state index is -4.72. The summed E-state index contributed by atoms with van der Waals surface area (Å²) in [5.41, 5.74) is -2.25. The molecule has 5 nitrogen and oxygen atoms in total. The number of unbranched alkanes of at least 4 members (excludes halogenated alkanes) is 2. The molecule has 0 spiro atoms. The summed E-state index contributed by atoms with van der Waals surface area (Å²) in [7, 11) is 1.08. The Morgan fingerprint density at radius 1 is 1.20 bits per heavy atom. The molecule has 2 aromatic rings. The fraction of sp³-hybridized carbons (Fsp3) is 0.421. The number of aromatic nitrogens is 2. The molecule has 1 aromatic heterocycles. The van der Waals surface area contributed by atoms with Crippen LogP contribution in [0, 0.1) is 0 Å². The van der Waals surface area contributed by atoms with Crippen LogP contribution in [0.4, 0.5) is 13.2 Å². The van der Waals surface area contributed by atoms with Gasteiger partial charge in [0.05, 0.1) is 22.4 Å². The smallest absolute Gasteiger partial charge is 0.433 e. The van der Waals surface area contributed by atoms with E-state index in [4.69, 9.17) is 27.9 Å². The van der Waals surface area contributed by atoms with Crippen LogP contribution in [-0.2, 0) is 22.8 Å². The molecule has 0 amide bonds. The number of alkyl halides is 3. The molecule has 0 fully saturated rings. The fourth-order valence-electron chi connectivity index (χ4n) is 2.53. The minimum absolute atomic E-state index is 0.0225. The van der Waals surface area contributed by atoms with Crippen LogP contribution in [0.2, 0.25) is 10.0 Å². The lowest BCUT2D eigenvalue weighted by atomic mass is 10.1. The molecule has 0 N–H and O–H groups in total. The van der Waals surface area contributed by atoms with Gasteiger partial charge in [-0.05, 0) is 18.6 Å². The Kier molecular flexibility index (Phi) is 8.63. The van der Waals surface area contributed by atoms with E-state index in [2.05, 4.69) is 5.10 Å². The zero-order valence-electron chi connectivity index (χ0n) is 16.2. The highest BCUT2D eigenvalue weighted by atomic mass is 35.5. The third-order valence-corrected chi connectivity index (χ3v) is 5.79. The maximum atomic E-state index is 13.0. The van der Waals surface area contributed by atoms with Gasteiger partial charge in [-0.1, -0.05) is 43.0 Å². The van der Waals surface area contributed by atoms with Crippen molar-refractivity contribution in [1.29, 1.82) is 0 Å². The van der Waals surface area contributed by atoms with E-state index >= 15 is 0 Å². The van der Waals surface area contributed by atoms with E-state index in [0.29, 0.717) is 22.3 Å². The Hall–Kier alpha value is -1.71. The highest BCUT2D eigenvalue weighted by Gasteiger charge is 2.34. The van der Waals surface area contributed by atoms with E-state index in [0.717, 1.165) is 38.1 Å². The van der Waals surface area contributed by atoms with Crippen molar-refractivity contribution in [1.82, 2.24) is 9.78 Å². The molecular weight excluding hydrogens is 464 g/mol. The summed E-state index contributed by atoms with van der Waals surface area (Å²) >= 11 is 13.4. The van der Waals surface area contributed by atoms with Gasteiger partial charge >= 0.3 is 12.1 Å². The normalized spacial score (nSPS) is 11.6. The second-order valence-corrected chi connectivity index (χ2v) is 8.17. The number of hydrogen-bond donors (Lipinski definition) is 0. The van der Waals surface area contributed by atoms with Crippen LogP contribution in [0.5, 0.6) is 0 Å². The summed E-state index contributed by atoms with van der Waals surface area (Å²) in [6.45, 7) is 2.37. The molecule has 11 heteroatoms. The molecule has 1 heterocycles. The molecule has 0 saturated carbocycles. The van der Waals surface area contributed by atoms with Gasteiger partial charge in [-0.3, -0.25) is 14.3 Å². The fourth-order valence-corrected chi connectivity index (χ4v) is 3.92. The van der Waals surface area contributed by atoms with Gasteiger partial charge in [-0.25, -0.2) is 0 Å². The molecule has 0 aliphatic rings. The first-order chi connectivity index (χ1) is 14.0. The average molecular weight is 483 g/mol. The summed E-state index contributed by atoms with van der Waals surface area (Å²) in [5, 5.41) is 4.03. The molecular formula is C19H19Cl2F3N2O3S. The van der Waals surface area contributed by atoms with Crippen molar-refractivity contribution in [3.05, 3.63) is 44.2 Å². The van der Waals surface area contributed by atoms with E-state index in [1.165, 1.54) is 12.1 Å². The molecule has 164 valence electrons. The lowest BCUT2D eigenvalue weighted by molar-refractivity contribution is -0.144. The molecule has 0 radical (unpaired) electrons. The molecule has 0 aliphatic carbocycles. The number of benzene rings is 1. The van der Waals surface area contributed by atoms with Gasteiger partial charge < -0.3 is 4.74 Å². The van der Waals surface area contributed by atoms with Crippen LogP contribution >= 0.6 is 35.0 Å². The molecule has 0 saturated heterocycles. The Bertz CT molecular complexity index is 981. The number of esters is 1. The summed E-state index contributed by atoms with van der Waals surface area (Å²) in [5.74, 6) is -0.446. The summed E-state index contributed by atoms with van der Waals surface area (Å²) in [4.78, 5) is 24.6. The predicted molar refractivity (Wildman–Crippen MR) is 111 cm³/mol. The largest absolute Gasteiger partial charge is 0.465 e. The summed E-state index contributed by atoms with van der Waals surface area (Å²) in [6.07, 6.45) is -1.97. The van der Waals surface area contributed by atoms with Crippen LogP contribution in [0.25, 0.3) is 11.3 Å². The lowest BCUT2D eigenvalue weighted by Gasteiger charge is -2.14. The van der Waals surface area contributed by atoms with Gasteiger partial charge in [0, 0.05) is 23.6 Å². The number of nitrogens with zero attached hydrogens (tertiary/aromatic N) is 2. The Morgan fingerprint density at radius 2 is 1.90 bits per heavy atom. The molecule has 0 unspecified atom stereocenters. The number of halogens is 5. The molecule has 2 rings (SSSR count). The van der Waals surface area contributed by atoms with E-state index in [-0.39, 0.29) is 27.1 Å². The predicted octanol–water partition coefficient (Wildman–Crippen LogP) is 5.60.